The first-order valence-electron chi connectivity index (χ1n) is 7.29. The van der Waals surface area contributed by atoms with E-state index in [-0.39, 0.29) is 12.6 Å². The first kappa shape index (κ1) is 16.0. The zero-order valence-corrected chi connectivity index (χ0v) is 12.9. The van der Waals surface area contributed by atoms with Gasteiger partial charge in [0.05, 0.1) is 0 Å². The third-order valence-electron chi connectivity index (χ3n) is 3.60. The minimum Gasteiger partial charge on any atom is -0.482 e. The van der Waals surface area contributed by atoms with Gasteiger partial charge in [-0.25, -0.2) is 4.79 Å². The molecule has 0 aliphatic heterocycles. The second-order valence-corrected chi connectivity index (χ2v) is 5.25. The van der Waals surface area contributed by atoms with Crippen molar-refractivity contribution in [2.45, 2.75) is 26.4 Å². The van der Waals surface area contributed by atoms with Crippen molar-refractivity contribution in [1.29, 1.82) is 0 Å². The van der Waals surface area contributed by atoms with Crippen LogP contribution in [-0.2, 0) is 11.3 Å². The van der Waals surface area contributed by atoms with Gasteiger partial charge < -0.3 is 15.2 Å². The van der Waals surface area contributed by atoms with Gasteiger partial charge in [0.1, 0.15) is 5.75 Å². The van der Waals surface area contributed by atoms with E-state index in [0.29, 0.717) is 5.75 Å². The molecule has 0 amide bonds. The summed E-state index contributed by atoms with van der Waals surface area (Å²) in [5, 5.41) is 12.2. The zero-order valence-electron chi connectivity index (χ0n) is 12.9. The Balaban J connectivity index is 2.04. The van der Waals surface area contributed by atoms with E-state index in [1.165, 1.54) is 11.1 Å². The molecule has 2 aromatic rings. The minimum atomic E-state index is -0.977. The van der Waals surface area contributed by atoms with Crippen LogP contribution in [0.25, 0.3) is 0 Å². The van der Waals surface area contributed by atoms with E-state index >= 15 is 0 Å². The standard InChI is InChI=1S/C18H21NO3/c1-13-7-3-4-8-15(13)11-19-14(2)16-9-5-6-10-17(16)22-12-18(20)21/h3-10,14,19H,11-12H2,1-2H3,(H,20,21). The van der Waals surface area contributed by atoms with E-state index in [4.69, 9.17) is 9.84 Å². The second kappa shape index (κ2) is 7.61. The van der Waals surface area contributed by atoms with Gasteiger partial charge in [0.2, 0.25) is 0 Å². The average molecular weight is 299 g/mol. The van der Waals surface area contributed by atoms with Gasteiger partial charge in [-0.05, 0) is 31.0 Å². The Morgan fingerprint density at radius 3 is 2.59 bits per heavy atom. The lowest BCUT2D eigenvalue weighted by Gasteiger charge is -2.18. The lowest BCUT2D eigenvalue weighted by atomic mass is 10.1. The first-order valence-corrected chi connectivity index (χ1v) is 7.29. The normalized spacial score (nSPS) is 11.9. The number of carboxylic acid groups (broad SMARTS) is 1. The van der Waals surface area contributed by atoms with Gasteiger partial charge in [0.25, 0.3) is 0 Å². The largest absolute Gasteiger partial charge is 0.482 e. The molecule has 0 bridgehead atoms. The summed E-state index contributed by atoms with van der Waals surface area (Å²) < 4.78 is 5.36. The van der Waals surface area contributed by atoms with E-state index in [1.54, 1.807) is 6.07 Å². The third kappa shape index (κ3) is 4.33. The number of carboxylic acids is 1. The van der Waals surface area contributed by atoms with E-state index in [9.17, 15) is 4.79 Å². The molecule has 4 nitrogen and oxygen atoms in total. The summed E-state index contributed by atoms with van der Waals surface area (Å²) in [6.45, 7) is 4.55. The highest BCUT2D eigenvalue weighted by molar-refractivity contribution is 5.68. The monoisotopic (exact) mass is 299 g/mol. The van der Waals surface area contributed by atoms with Gasteiger partial charge in [-0.2, -0.15) is 0 Å². The minimum absolute atomic E-state index is 0.0598. The van der Waals surface area contributed by atoms with E-state index < -0.39 is 5.97 Å². The Bertz CT molecular complexity index is 640. The molecule has 22 heavy (non-hydrogen) atoms. The van der Waals surface area contributed by atoms with Crippen LogP contribution in [-0.4, -0.2) is 17.7 Å². The number of nitrogens with one attached hydrogen (secondary N) is 1. The molecular formula is C18H21NO3. The number of benzene rings is 2. The Labute approximate surface area is 130 Å². The smallest absolute Gasteiger partial charge is 0.341 e. The fourth-order valence-corrected chi connectivity index (χ4v) is 2.29. The fraction of sp³-hybridized carbons (Fsp3) is 0.278. The topological polar surface area (TPSA) is 58.6 Å². The quantitative estimate of drug-likeness (QED) is 0.823. The molecule has 0 aliphatic carbocycles. The van der Waals surface area contributed by atoms with Crippen molar-refractivity contribution < 1.29 is 14.6 Å². The van der Waals surface area contributed by atoms with Gasteiger partial charge in [0.15, 0.2) is 6.61 Å². The highest BCUT2D eigenvalue weighted by atomic mass is 16.5. The summed E-state index contributed by atoms with van der Waals surface area (Å²) in [4.78, 5) is 10.7. The van der Waals surface area contributed by atoms with E-state index in [1.807, 2.05) is 37.3 Å². The van der Waals surface area contributed by atoms with Crippen molar-refractivity contribution in [3.05, 3.63) is 65.2 Å². The molecule has 1 unspecified atom stereocenters. The number of hydrogen-bond donors (Lipinski definition) is 2. The van der Waals surface area contributed by atoms with Crippen LogP contribution in [0.15, 0.2) is 48.5 Å². The molecule has 2 rings (SSSR count). The van der Waals surface area contributed by atoms with Gasteiger partial charge in [-0.3, -0.25) is 0 Å². The van der Waals surface area contributed by atoms with Crippen molar-refractivity contribution in [3.63, 3.8) is 0 Å². The SMILES string of the molecule is Cc1ccccc1CNC(C)c1ccccc1OCC(=O)O. The number of aliphatic carboxylic acids is 1. The maximum atomic E-state index is 10.7. The first-order chi connectivity index (χ1) is 10.6. The second-order valence-electron chi connectivity index (χ2n) is 5.25. The number of hydrogen-bond acceptors (Lipinski definition) is 3. The van der Waals surface area contributed by atoms with Gasteiger partial charge >= 0.3 is 5.97 Å². The maximum absolute atomic E-state index is 10.7. The van der Waals surface area contributed by atoms with Crippen molar-refractivity contribution in [2.75, 3.05) is 6.61 Å². The van der Waals surface area contributed by atoms with Crippen LogP contribution in [0.5, 0.6) is 5.75 Å². The summed E-state index contributed by atoms with van der Waals surface area (Å²) in [5.41, 5.74) is 3.45. The Morgan fingerprint density at radius 1 is 1.18 bits per heavy atom. The molecule has 0 spiro atoms. The van der Waals surface area contributed by atoms with Crippen molar-refractivity contribution in [2.24, 2.45) is 0 Å². The fourth-order valence-electron chi connectivity index (χ4n) is 2.29. The molecule has 0 saturated heterocycles. The Kier molecular flexibility index (Phi) is 5.55. The van der Waals surface area contributed by atoms with E-state index in [0.717, 1.165) is 12.1 Å². The summed E-state index contributed by atoms with van der Waals surface area (Å²) in [5.74, 6) is -0.370. The molecule has 0 aromatic heterocycles. The van der Waals surface area contributed by atoms with Crippen molar-refractivity contribution in [1.82, 2.24) is 5.32 Å². The molecule has 116 valence electrons. The summed E-state index contributed by atoms with van der Waals surface area (Å²) >= 11 is 0. The predicted octanol–water partition coefficient (Wildman–Crippen LogP) is 3.31. The maximum Gasteiger partial charge on any atom is 0.341 e. The summed E-state index contributed by atoms with van der Waals surface area (Å²) in [7, 11) is 0. The van der Waals surface area contributed by atoms with Crippen LogP contribution < -0.4 is 10.1 Å². The zero-order chi connectivity index (χ0) is 15.9. The molecule has 0 aliphatic rings. The average Bonchev–Trinajstić information content (AvgIpc) is 2.52. The van der Waals surface area contributed by atoms with Crippen LogP contribution in [0.1, 0.15) is 29.7 Å². The molecule has 2 aromatic carbocycles. The highest BCUT2D eigenvalue weighted by Gasteiger charge is 2.12. The van der Waals surface area contributed by atoms with Crippen molar-refractivity contribution in [3.8, 4) is 5.75 Å². The lowest BCUT2D eigenvalue weighted by Crippen LogP contribution is -2.20. The third-order valence-corrected chi connectivity index (χ3v) is 3.60. The number of carbonyl (C=O) groups is 1. The number of aryl methyl sites for hydroxylation is 1. The molecule has 0 heterocycles. The predicted molar refractivity (Wildman–Crippen MR) is 86.0 cm³/mol. The Hall–Kier alpha value is -2.33. The van der Waals surface area contributed by atoms with Crippen molar-refractivity contribution >= 4 is 5.97 Å². The lowest BCUT2D eigenvalue weighted by molar-refractivity contribution is -0.139. The molecule has 1 atom stereocenters. The van der Waals surface area contributed by atoms with Crippen LogP contribution in [0.3, 0.4) is 0 Å². The van der Waals surface area contributed by atoms with Gasteiger partial charge in [-0.1, -0.05) is 42.5 Å². The van der Waals surface area contributed by atoms with Crippen LogP contribution in [0, 0.1) is 6.92 Å². The van der Waals surface area contributed by atoms with Crippen LogP contribution >= 0.6 is 0 Å². The Morgan fingerprint density at radius 2 is 1.86 bits per heavy atom. The van der Waals surface area contributed by atoms with Gasteiger partial charge in [-0.15, -0.1) is 0 Å². The number of para-hydroxylation sites is 1. The van der Waals surface area contributed by atoms with Crippen LogP contribution in [0.4, 0.5) is 0 Å². The molecule has 0 radical (unpaired) electrons. The molecule has 0 saturated carbocycles. The van der Waals surface area contributed by atoms with E-state index in [2.05, 4.69) is 24.4 Å². The highest BCUT2D eigenvalue weighted by Crippen LogP contribution is 2.25. The summed E-state index contributed by atoms with van der Waals surface area (Å²) in [6.07, 6.45) is 0. The van der Waals surface area contributed by atoms with Crippen LogP contribution in [0.2, 0.25) is 0 Å². The molecule has 0 fully saturated rings. The van der Waals surface area contributed by atoms with Gasteiger partial charge in [0, 0.05) is 18.2 Å². The number of ether oxygens (including phenoxy) is 1. The number of rotatable bonds is 7. The molecule has 4 heteroatoms. The summed E-state index contributed by atoms with van der Waals surface area (Å²) in [6, 6.07) is 15.8. The molecule has 2 N–H and O–H groups in total. The molecular weight excluding hydrogens is 278 g/mol.